The van der Waals surface area contributed by atoms with E-state index in [0.717, 1.165) is 42.9 Å². The van der Waals surface area contributed by atoms with Crippen LogP contribution in [0.5, 0.6) is 5.75 Å². The van der Waals surface area contributed by atoms with E-state index in [2.05, 4.69) is 32.9 Å². The van der Waals surface area contributed by atoms with Crippen molar-refractivity contribution in [1.82, 2.24) is 14.3 Å². The third kappa shape index (κ3) is 2.99. The van der Waals surface area contributed by atoms with Crippen molar-refractivity contribution in [3.8, 4) is 5.75 Å². The van der Waals surface area contributed by atoms with Gasteiger partial charge in [0.05, 0.1) is 5.52 Å². The van der Waals surface area contributed by atoms with Crippen LogP contribution in [0, 0.1) is 0 Å². The number of ether oxygens (including phenoxy) is 1. The van der Waals surface area contributed by atoms with Gasteiger partial charge in [-0.2, -0.15) is 5.10 Å². The molecule has 6 nitrogen and oxygen atoms in total. The van der Waals surface area contributed by atoms with Crippen LogP contribution >= 0.6 is 0 Å². The van der Waals surface area contributed by atoms with Gasteiger partial charge in [-0.15, -0.1) is 0 Å². The van der Waals surface area contributed by atoms with Gasteiger partial charge in [-0.1, -0.05) is 6.07 Å². The van der Waals surface area contributed by atoms with Crippen LogP contribution in [0.25, 0.3) is 10.9 Å². The van der Waals surface area contributed by atoms with Crippen molar-refractivity contribution in [2.45, 2.75) is 18.9 Å². The molecule has 1 aromatic carbocycles. The van der Waals surface area contributed by atoms with Crippen molar-refractivity contribution in [3.05, 3.63) is 52.9 Å². The third-order valence-corrected chi connectivity index (χ3v) is 4.89. The van der Waals surface area contributed by atoms with E-state index in [9.17, 15) is 4.79 Å². The van der Waals surface area contributed by atoms with Gasteiger partial charge in [0.2, 0.25) is 0 Å². The number of hydrogen-bond donors (Lipinski definition) is 0. The summed E-state index contributed by atoms with van der Waals surface area (Å²) in [6.07, 6.45) is 4.14. The highest BCUT2D eigenvalue weighted by Crippen LogP contribution is 2.29. The number of aryl methyl sites for hydroxylation is 2. The van der Waals surface area contributed by atoms with Gasteiger partial charge in [0.1, 0.15) is 17.7 Å². The molecule has 0 amide bonds. The highest BCUT2D eigenvalue weighted by molar-refractivity contribution is 5.86. The lowest BCUT2D eigenvalue weighted by Gasteiger charge is -2.33. The van der Waals surface area contributed by atoms with Gasteiger partial charge < -0.3 is 14.2 Å². The molecule has 0 saturated carbocycles. The zero-order valence-corrected chi connectivity index (χ0v) is 14.6. The van der Waals surface area contributed by atoms with Crippen molar-refractivity contribution < 1.29 is 4.74 Å². The monoisotopic (exact) mass is 338 g/mol. The van der Waals surface area contributed by atoms with Gasteiger partial charge in [-0.25, -0.2) is 4.68 Å². The number of aromatic nitrogens is 3. The Labute approximate surface area is 146 Å². The Morgan fingerprint density at radius 1 is 1.08 bits per heavy atom. The number of hydrogen-bond acceptors (Lipinski definition) is 4. The van der Waals surface area contributed by atoms with E-state index >= 15 is 0 Å². The molecule has 1 fully saturated rings. The molecule has 4 rings (SSSR count). The highest BCUT2D eigenvalue weighted by Gasteiger charge is 2.22. The van der Waals surface area contributed by atoms with Crippen LogP contribution in [0.3, 0.4) is 0 Å². The lowest BCUT2D eigenvalue weighted by atomic mass is 10.1. The second kappa shape index (κ2) is 6.27. The normalized spacial score (nSPS) is 15.7. The van der Waals surface area contributed by atoms with E-state index < -0.39 is 0 Å². The van der Waals surface area contributed by atoms with E-state index in [1.54, 1.807) is 19.2 Å². The van der Waals surface area contributed by atoms with E-state index in [0.29, 0.717) is 0 Å². The SMILES string of the molecule is Cn1nc(N2CCC(Oc3cccc4c3ccn4C)CC2)ccc1=O. The van der Waals surface area contributed by atoms with E-state index in [1.807, 2.05) is 19.2 Å². The lowest BCUT2D eigenvalue weighted by molar-refractivity contribution is 0.173. The molecule has 2 aromatic heterocycles. The molecule has 1 aliphatic heterocycles. The Bertz CT molecular complexity index is 951. The number of anilines is 1. The maximum Gasteiger partial charge on any atom is 0.266 e. The molecule has 0 radical (unpaired) electrons. The second-order valence-corrected chi connectivity index (χ2v) is 6.57. The van der Waals surface area contributed by atoms with Gasteiger partial charge in [-0.3, -0.25) is 4.79 Å². The van der Waals surface area contributed by atoms with Crippen LogP contribution in [-0.4, -0.2) is 33.5 Å². The second-order valence-electron chi connectivity index (χ2n) is 6.57. The summed E-state index contributed by atoms with van der Waals surface area (Å²) in [5.41, 5.74) is 1.10. The van der Waals surface area contributed by atoms with Crippen molar-refractivity contribution in [2.24, 2.45) is 14.1 Å². The zero-order chi connectivity index (χ0) is 17.4. The first-order valence-corrected chi connectivity index (χ1v) is 8.62. The average Bonchev–Trinajstić information content (AvgIpc) is 3.01. The van der Waals surface area contributed by atoms with Gasteiger partial charge in [0.15, 0.2) is 0 Å². The standard InChI is InChI=1S/C19H22N4O2/c1-21-11-10-15-16(21)4-3-5-17(15)25-14-8-12-23(13-9-14)18-6-7-19(24)22(2)20-18/h3-7,10-11,14H,8-9,12-13H2,1-2H3. The molecule has 0 N–H and O–H groups in total. The number of nitrogens with zero attached hydrogens (tertiary/aromatic N) is 4. The van der Waals surface area contributed by atoms with Crippen LogP contribution in [0.4, 0.5) is 5.82 Å². The predicted molar refractivity (Wildman–Crippen MR) is 98.3 cm³/mol. The van der Waals surface area contributed by atoms with Crippen LogP contribution < -0.4 is 15.2 Å². The summed E-state index contributed by atoms with van der Waals surface area (Å²) < 4.78 is 9.78. The predicted octanol–water partition coefficient (Wildman–Crippen LogP) is 2.32. The van der Waals surface area contributed by atoms with Gasteiger partial charge in [0.25, 0.3) is 5.56 Å². The third-order valence-electron chi connectivity index (χ3n) is 4.89. The number of benzene rings is 1. The molecule has 25 heavy (non-hydrogen) atoms. The summed E-state index contributed by atoms with van der Waals surface area (Å²) in [6, 6.07) is 11.7. The largest absolute Gasteiger partial charge is 0.490 e. The fourth-order valence-corrected chi connectivity index (χ4v) is 3.42. The summed E-state index contributed by atoms with van der Waals surface area (Å²) in [6.45, 7) is 1.75. The molecule has 6 heteroatoms. The molecule has 130 valence electrons. The molecule has 0 aliphatic carbocycles. The summed E-state index contributed by atoms with van der Waals surface area (Å²) in [5.74, 6) is 1.81. The summed E-state index contributed by atoms with van der Waals surface area (Å²) >= 11 is 0. The Hall–Kier alpha value is -2.76. The Kier molecular flexibility index (Phi) is 3.95. The first-order chi connectivity index (χ1) is 12.1. The van der Waals surface area contributed by atoms with Gasteiger partial charge in [0, 0.05) is 57.7 Å². The van der Waals surface area contributed by atoms with Crippen LogP contribution in [-0.2, 0) is 14.1 Å². The maximum atomic E-state index is 11.5. The molecule has 0 spiro atoms. The fourth-order valence-electron chi connectivity index (χ4n) is 3.42. The molecule has 1 saturated heterocycles. The smallest absolute Gasteiger partial charge is 0.266 e. The number of fused-ring (bicyclic) bond motifs is 1. The average molecular weight is 338 g/mol. The van der Waals surface area contributed by atoms with E-state index in [-0.39, 0.29) is 11.7 Å². The molecule has 3 heterocycles. The van der Waals surface area contributed by atoms with Crippen LogP contribution in [0.2, 0.25) is 0 Å². The van der Waals surface area contributed by atoms with E-state index in [4.69, 9.17) is 4.74 Å². The molecular weight excluding hydrogens is 316 g/mol. The topological polar surface area (TPSA) is 52.3 Å². The molecule has 0 atom stereocenters. The Morgan fingerprint density at radius 3 is 2.64 bits per heavy atom. The summed E-state index contributed by atoms with van der Waals surface area (Å²) in [7, 11) is 3.73. The molecular formula is C19H22N4O2. The van der Waals surface area contributed by atoms with Gasteiger partial charge >= 0.3 is 0 Å². The quantitative estimate of drug-likeness (QED) is 0.735. The van der Waals surface area contributed by atoms with E-state index in [1.165, 1.54) is 10.2 Å². The first-order valence-electron chi connectivity index (χ1n) is 8.62. The highest BCUT2D eigenvalue weighted by atomic mass is 16.5. The summed E-state index contributed by atoms with van der Waals surface area (Å²) in [5, 5.41) is 5.50. The molecule has 1 aliphatic rings. The molecule has 3 aromatic rings. The first kappa shape index (κ1) is 15.7. The van der Waals surface area contributed by atoms with Crippen molar-refractivity contribution >= 4 is 16.7 Å². The summed E-state index contributed by atoms with van der Waals surface area (Å²) in [4.78, 5) is 13.7. The fraction of sp³-hybridized carbons (Fsp3) is 0.368. The van der Waals surface area contributed by atoms with Crippen LogP contribution in [0.1, 0.15) is 12.8 Å². The van der Waals surface area contributed by atoms with Crippen LogP contribution in [0.15, 0.2) is 47.4 Å². The molecule has 0 unspecified atom stereocenters. The maximum absolute atomic E-state index is 11.5. The number of rotatable bonds is 3. The lowest BCUT2D eigenvalue weighted by Crippen LogP contribution is -2.39. The number of piperidine rings is 1. The minimum Gasteiger partial charge on any atom is -0.490 e. The Morgan fingerprint density at radius 2 is 1.88 bits per heavy atom. The zero-order valence-electron chi connectivity index (χ0n) is 14.6. The van der Waals surface area contributed by atoms with Crippen molar-refractivity contribution in [1.29, 1.82) is 0 Å². The minimum absolute atomic E-state index is 0.0853. The minimum atomic E-state index is -0.0853. The Balaban J connectivity index is 1.45. The molecule has 0 bridgehead atoms. The van der Waals surface area contributed by atoms with Crippen molar-refractivity contribution in [3.63, 3.8) is 0 Å². The van der Waals surface area contributed by atoms with Gasteiger partial charge in [-0.05, 0) is 24.3 Å². The van der Waals surface area contributed by atoms with Crippen molar-refractivity contribution in [2.75, 3.05) is 18.0 Å².